The van der Waals surface area contributed by atoms with Crippen LogP contribution in [-0.2, 0) is 13.1 Å². The van der Waals surface area contributed by atoms with E-state index in [2.05, 4.69) is 5.32 Å². The van der Waals surface area contributed by atoms with Crippen molar-refractivity contribution in [2.45, 2.75) is 13.1 Å². The van der Waals surface area contributed by atoms with E-state index < -0.39 is 23.4 Å². The van der Waals surface area contributed by atoms with Gasteiger partial charge in [-0.15, -0.1) is 0 Å². The lowest BCUT2D eigenvalue weighted by Gasteiger charge is -2.07. The van der Waals surface area contributed by atoms with Crippen LogP contribution in [-0.4, -0.2) is 5.91 Å². The number of carbonyl (C=O) groups excluding carboxylic acids is 1. The molecule has 2 aromatic carbocycles. The van der Waals surface area contributed by atoms with Crippen LogP contribution in [0.1, 0.15) is 21.5 Å². The average Bonchev–Trinajstić information content (AvgIpc) is 2.44. The first-order valence-electron chi connectivity index (χ1n) is 6.20. The minimum absolute atomic E-state index is 0.0943. The molecule has 0 aliphatic heterocycles. The lowest BCUT2D eigenvalue weighted by Crippen LogP contribution is -2.15. The standard InChI is InChI=1S/C15H13F3N2O/c16-12-4-1-9(5-14(12)18)7-20-8-11-3-2-10(15(19)21)6-13(11)17/h1-6,20H,7-8H2,(H2,19,21). The zero-order chi connectivity index (χ0) is 15.4. The number of nitrogens with one attached hydrogen (secondary N) is 1. The third-order valence-corrected chi connectivity index (χ3v) is 2.97. The minimum atomic E-state index is -0.925. The van der Waals surface area contributed by atoms with E-state index in [4.69, 9.17) is 5.73 Å². The maximum Gasteiger partial charge on any atom is 0.248 e. The van der Waals surface area contributed by atoms with Gasteiger partial charge in [0, 0.05) is 24.2 Å². The van der Waals surface area contributed by atoms with Crippen LogP contribution < -0.4 is 11.1 Å². The summed E-state index contributed by atoms with van der Waals surface area (Å²) >= 11 is 0. The highest BCUT2D eigenvalue weighted by Crippen LogP contribution is 2.11. The molecule has 6 heteroatoms. The topological polar surface area (TPSA) is 55.1 Å². The Labute approximate surface area is 119 Å². The molecule has 0 radical (unpaired) electrons. The highest BCUT2D eigenvalue weighted by molar-refractivity contribution is 5.92. The molecule has 0 atom stereocenters. The first-order chi connectivity index (χ1) is 9.97. The maximum absolute atomic E-state index is 13.7. The fourth-order valence-electron chi connectivity index (χ4n) is 1.84. The Morgan fingerprint density at radius 1 is 0.952 bits per heavy atom. The molecule has 3 nitrogen and oxygen atoms in total. The molecule has 0 aromatic heterocycles. The first-order valence-corrected chi connectivity index (χ1v) is 6.20. The molecule has 1 amide bonds. The second-order valence-electron chi connectivity index (χ2n) is 4.52. The zero-order valence-electron chi connectivity index (χ0n) is 11.0. The first kappa shape index (κ1) is 15.1. The number of hydrogen-bond donors (Lipinski definition) is 2. The van der Waals surface area contributed by atoms with E-state index in [9.17, 15) is 18.0 Å². The number of benzene rings is 2. The highest BCUT2D eigenvalue weighted by atomic mass is 19.2. The van der Waals surface area contributed by atoms with Crippen LogP contribution in [0.2, 0.25) is 0 Å². The van der Waals surface area contributed by atoms with Gasteiger partial charge in [-0.25, -0.2) is 13.2 Å². The smallest absolute Gasteiger partial charge is 0.248 e. The Bertz CT molecular complexity index is 674. The third kappa shape index (κ3) is 3.82. The normalized spacial score (nSPS) is 10.6. The molecule has 0 fully saturated rings. The predicted molar refractivity (Wildman–Crippen MR) is 71.8 cm³/mol. The molecule has 0 aliphatic rings. The molecular weight excluding hydrogens is 281 g/mol. The van der Waals surface area contributed by atoms with Gasteiger partial charge in [0.2, 0.25) is 5.91 Å². The van der Waals surface area contributed by atoms with Crippen LogP contribution in [0.3, 0.4) is 0 Å². The van der Waals surface area contributed by atoms with Gasteiger partial charge >= 0.3 is 0 Å². The zero-order valence-corrected chi connectivity index (χ0v) is 11.0. The summed E-state index contributed by atoms with van der Waals surface area (Å²) in [7, 11) is 0. The van der Waals surface area contributed by atoms with Gasteiger partial charge in [0.05, 0.1) is 0 Å². The van der Waals surface area contributed by atoms with Crippen molar-refractivity contribution in [3.63, 3.8) is 0 Å². The summed E-state index contributed by atoms with van der Waals surface area (Å²) in [5.74, 6) is -3.09. The Balaban J connectivity index is 1.97. The Morgan fingerprint density at radius 3 is 2.33 bits per heavy atom. The molecule has 0 heterocycles. The molecule has 0 saturated heterocycles. The Hall–Kier alpha value is -2.34. The second-order valence-corrected chi connectivity index (χ2v) is 4.52. The van der Waals surface area contributed by atoms with Gasteiger partial charge in [-0.1, -0.05) is 12.1 Å². The number of nitrogens with two attached hydrogens (primary N) is 1. The quantitative estimate of drug-likeness (QED) is 0.890. The van der Waals surface area contributed by atoms with E-state index in [1.807, 2.05) is 0 Å². The number of hydrogen-bond acceptors (Lipinski definition) is 2. The predicted octanol–water partition coefficient (Wildman–Crippen LogP) is 2.49. The van der Waals surface area contributed by atoms with Crippen molar-refractivity contribution in [2.75, 3.05) is 0 Å². The number of rotatable bonds is 5. The Morgan fingerprint density at radius 2 is 1.71 bits per heavy atom. The van der Waals surface area contributed by atoms with Crippen LogP contribution in [0.25, 0.3) is 0 Å². The summed E-state index contributed by atoms with van der Waals surface area (Å²) in [5.41, 5.74) is 6.04. The van der Waals surface area contributed by atoms with Crippen LogP contribution in [0.5, 0.6) is 0 Å². The molecule has 2 rings (SSSR count). The molecule has 3 N–H and O–H groups in total. The number of halogens is 3. The Kier molecular flexibility index (Phi) is 4.59. The molecule has 0 saturated carbocycles. The molecular formula is C15H13F3N2O. The van der Waals surface area contributed by atoms with Gasteiger partial charge < -0.3 is 11.1 Å². The van der Waals surface area contributed by atoms with Gasteiger partial charge in [0.25, 0.3) is 0 Å². The van der Waals surface area contributed by atoms with Gasteiger partial charge in [-0.05, 0) is 29.8 Å². The lowest BCUT2D eigenvalue weighted by molar-refractivity contribution is 0.1000. The van der Waals surface area contributed by atoms with E-state index in [-0.39, 0.29) is 18.7 Å². The van der Waals surface area contributed by atoms with E-state index >= 15 is 0 Å². The third-order valence-electron chi connectivity index (χ3n) is 2.97. The van der Waals surface area contributed by atoms with Crippen molar-refractivity contribution in [1.82, 2.24) is 5.32 Å². The van der Waals surface area contributed by atoms with Gasteiger partial charge in [-0.3, -0.25) is 4.79 Å². The van der Waals surface area contributed by atoms with Crippen molar-refractivity contribution in [3.8, 4) is 0 Å². The summed E-state index contributed by atoms with van der Waals surface area (Å²) < 4.78 is 39.5. The van der Waals surface area contributed by atoms with Crippen molar-refractivity contribution in [1.29, 1.82) is 0 Å². The molecule has 110 valence electrons. The monoisotopic (exact) mass is 294 g/mol. The van der Waals surface area contributed by atoms with Gasteiger partial charge in [-0.2, -0.15) is 0 Å². The number of primary amides is 1. The molecule has 21 heavy (non-hydrogen) atoms. The van der Waals surface area contributed by atoms with Crippen LogP contribution in [0.4, 0.5) is 13.2 Å². The van der Waals surface area contributed by atoms with Crippen molar-refractivity contribution in [3.05, 3.63) is 70.5 Å². The summed E-state index contributed by atoms with van der Waals surface area (Å²) in [4.78, 5) is 10.9. The largest absolute Gasteiger partial charge is 0.366 e. The molecule has 0 unspecified atom stereocenters. The average molecular weight is 294 g/mol. The van der Waals surface area contributed by atoms with Crippen LogP contribution in [0, 0.1) is 17.5 Å². The maximum atomic E-state index is 13.7. The number of amides is 1. The number of carbonyl (C=O) groups is 1. The summed E-state index contributed by atoms with van der Waals surface area (Å²) in [6.07, 6.45) is 0. The summed E-state index contributed by atoms with van der Waals surface area (Å²) in [5, 5.41) is 2.91. The van der Waals surface area contributed by atoms with E-state index in [1.165, 1.54) is 18.2 Å². The molecule has 0 spiro atoms. The minimum Gasteiger partial charge on any atom is -0.366 e. The van der Waals surface area contributed by atoms with Crippen LogP contribution >= 0.6 is 0 Å². The van der Waals surface area contributed by atoms with E-state index in [0.29, 0.717) is 11.1 Å². The van der Waals surface area contributed by atoms with E-state index in [0.717, 1.165) is 18.2 Å². The fraction of sp³-hybridized carbons (Fsp3) is 0.133. The van der Waals surface area contributed by atoms with E-state index in [1.54, 1.807) is 0 Å². The van der Waals surface area contributed by atoms with Gasteiger partial charge in [0.1, 0.15) is 5.82 Å². The fourth-order valence-corrected chi connectivity index (χ4v) is 1.84. The SMILES string of the molecule is NC(=O)c1ccc(CNCc2ccc(F)c(F)c2)c(F)c1. The summed E-state index contributed by atoms with van der Waals surface area (Å²) in [6.45, 7) is 0.443. The molecule has 0 bridgehead atoms. The molecule has 2 aromatic rings. The summed E-state index contributed by atoms with van der Waals surface area (Å²) in [6, 6.07) is 7.51. The lowest BCUT2D eigenvalue weighted by atomic mass is 10.1. The van der Waals surface area contributed by atoms with Crippen molar-refractivity contribution >= 4 is 5.91 Å². The highest BCUT2D eigenvalue weighted by Gasteiger charge is 2.07. The van der Waals surface area contributed by atoms with Gasteiger partial charge in [0.15, 0.2) is 11.6 Å². The second kappa shape index (κ2) is 6.41. The van der Waals surface area contributed by atoms with Crippen molar-refractivity contribution in [2.24, 2.45) is 5.73 Å². The molecule has 0 aliphatic carbocycles. The van der Waals surface area contributed by atoms with Crippen molar-refractivity contribution < 1.29 is 18.0 Å². The van der Waals surface area contributed by atoms with Crippen LogP contribution in [0.15, 0.2) is 36.4 Å².